The highest BCUT2D eigenvalue weighted by Crippen LogP contribution is 2.34. The first kappa shape index (κ1) is 14.1. The zero-order chi connectivity index (χ0) is 12.0. The molecule has 0 amide bonds. The second-order valence-corrected chi connectivity index (χ2v) is 5.06. The van der Waals surface area contributed by atoms with Crippen molar-refractivity contribution in [2.45, 2.75) is 19.3 Å². The van der Waals surface area contributed by atoms with Gasteiger partial charge in [-0.3, -0.25) is 0 Å². The molecule has 0 fully saturated rings. The topological polar surface area (TPSA) is 35.2 Å². The van der Waals surface area contributed by atoms with E-state index in [2.05, 4.69) is 15.9 Å². The quantitative estimate of drug-likeness (QED) is 0.626. The zero-order valence-electron chi connectivity index (χ0n) is 8.81. The molecule has 0 aliphatic heterocycles. The molecule has 0 atom stereocenters. The van der Waals surface area contributed by atoms with Gasteiger partial charge in [0.05, 0.1) is 16.7 Å². The summed E-state index contributed by atoms with van der Waals surface area (Å²) in [4.78, 5) is 0. The van der Waals surface area contributed by atoms with Crippen LogP contribution in [0.4, 0.5) is 0 Å². The highest BCUT2D eigenvalue weighted by molar-refractivity contribution is 9.10. The lowest BCUT2D eigenvalue weighted by Gasteiger charge is -2.09. The van der Waals surface area contributed by atoms with Gasteiger partial charge in [-0.2, -0.15) is 0 Å². The second-order valence-electron chi connectivity index (χ2n) is 3.39. The van der Waals surface area contributed by atoms with Crippen LogP contribution in [0.3, 0.4) is 0 Å². The predicted molar refractivity (Wildman–Crippen MR) is 72.6 cm³/mol. The van der Waals surface area contributed by atoms with E-state index in [9.17, 15) is 0 Å². The number of ether oxygens (including phenoxy) is 1. The van der Waals surface area contributed by atoms with Gasteiger partial charge in [-0.25, -0.2) is 0 Å². The standard InChI is InChI=1S/C11H14BrCl2NO/c12-8-6-10(14)11(7-9(8)13)16-5-3-1-2-4-15/h6-7H,1-5,15H2. The minimum Gasteiger partial charge on any atom is -0.492 e. The van der Waals surface area contributed by atoms with E-state index in [-0.39, 0.29) is 0 Å². The molecule has 0 aromatic heterocycles. The van der Waals surface area contributed by atoms with Crippen LogP contribution in [0.1, 0.15) is 19.3 Å². The molecule has 16 heavy (non-hydrogen) atoms. The number of unbranched alkanes of at least 4 members (excludes halogenated alkanes) is 2. The van der Waals surface area contributed by atoms with Crippen LogP contribution < -0.4 is 10.5 Å². The summed E-state index contributed by atoms with van der Waals surface area (Å²) in [5.74, 6) is 0.627. The summed E-state index contributed by atoms with van der Waals surface area (Å²) in [5, 5.41) is 1.16. The molecule has 0 aliphatic rings. The van der Waals surface area contributed by atoms with Gasteiger partial charge in [0, 0.05) is 10.5 Å². The number of benzene rings is 1. The maximum absolute atomic E-state index is 6.01. The van der Waals surface area contributed by atoms with E-state index in [1.54, 1.807) is 12.1 Å². The van der Waals surface area contributed by atoms with Crippen molar-refractivity contribution in [3.05, 3.63) is 26.7 Å². The van der Waals surface area contributed by atoms with Crippen LogP contribution >= 0.6 is 39.1 Å². The Morgan fingerprint density at radius 3 is 2.56 bits per heavy atom. The van der Waals surface area contributed by atoms with Crippen molar-refractivity contribution in [3.63, 3.8) is 0 Å². The van der Waals surface area contributed by atoms with E-state index in [0.717, 1.165) is 30.3 Å². The van der Waals surface area contributed by atoms with Gasteiger partial charge in [0.2, 0.25) is 0 Å². The van der Waals surface area contributed by atoms with Gasteiger partial charge in [0.15, 0.2) is 0 Å². The van der Waals surface area contributed by atoms with Gasteiger partial charge in [-0.1, -0.05) is 23.2 Å². The van der Waals surface area contributed by atoms with Gasteiger partial charge in [-0.05, 0) is 47.8 Å². The smallest absolute Gasteiger partial charge is 0.139 e. The van der Waals surface area contributed by atoms with Crippen LogP contribution in [0, 0.1) is 0 Å². The Labute approximate surface area is 114 Å². The molecule has 2 nitrogen and oxygen atoms in total. The molecule has 0 unspecified atom stereocenters. The van der Waals surface area contributed by atoms with Crippen LogP contribution in [0.15, 0.2) is 16.6 Å². The molecular weight excluding hydrogens is 313 g/mol. The highest BCUT2D eigenvalue weighted by Gasteiger charge is 2.06. The molecule has 0 radical (unpaired) electrons. The van der Waals surface area contributed by atoms with Crippen molar-refractivity contribution in [2.75, 3.05) is 13.2 Å². The minimum atomic E-state index is 0.565. The second kappa shape index (κ2) is 7.38. The molecule has 0 heterocycles. The molecule has 1 aromatic rings. The molecule has 0 aliphatic carbocycles. The normalized spacial score (nSPS) is 10.5. The third-order valence-electron chi connectivity index (χ3n) is 2.08. The van der Waals surface area contributed by atoms with Crippen molar-refractivity contribution in [3.8, 4) is 5.75 Å². The lowest BCUT2D eigenvalue weighted by Crippen LogP contribution is -2.01. The Balaban J connectivity index is 2.45. The van der Waals surface area contributed by atoms with Crippen LogP contribution in [0.2, 0.25) is 10.0 Å². The molecule has 1 rings (SSSR count). The summed E-state index contributed by atoms with van der Waals surface area (Å²) in [5.41, 5.74) is 5.40. The number of hydrogen-bond donors (Lipinski definition) is 1. The van der Waals surface area contributed by atoms with Crippen molar-refractivity contribution < 1.29 is 4.74 Å². The highest BCUT2D eigenvalue weighted by atomic mass is 79.9. The van der Waals surface area contributed by atoms with Crippen LogP contribution in [-0.2, 0) is 0 Å². The average Bonchev–Trinajstić information content (AvgIpc) is 2.25. The van der Waals surface area contributed by atoms with E-state index in [1.165, 1.54) is 0 Å². The molecule has 2 N–H and O–H groups in total. The molecule has 90 valence electrons. The van der Waals surface area contributed by atoms with Crippen molar-refractivity contribution in [2.24, 2.45) is 5.73 Å². The maximum Gasteiger partial charge on any atom is 0.139 e. The van der Waals surface area contributed by atoms with Gasteiger partial charge < -0.3 is 10.5 Å². The molecular formula is C11H14BrCl2NO. The van der Waals surface area contributed by atoms with E-state index in [0.29, 0.717) is 22.4 Å². The summed E-state index contributed by atoms with van der Waals surface area (Å²) >= 11 is 15.3. The Morgan fingerprint density at radius 1 is 1.12 bits per heavy atom. The summed E-state index contributed by atoms with van der Waals surface area (Å²) in [7, 11) is 0. The first-order chi connectivity index (χ1) is 7.65. The third kappa shape index (κ3) is 4.50. The Kier molecular flexibility index (Phi) is 6.51. The van der Waals surface area contributed by atoms with Gasteiger partial charge in [-0.15, -0.1) is 0 Å². The van der Waals surface area contributed by atoms with Gasteiger partial charge >= 0.3 is 0 Å². The number of hydrogen-bond acceptors (Lipinski definition) is 2. The zero-order valence-corrected chi connectivity index (χ0v) is 11.9. The Morgan fingerprint density at radius 2 is 1.88 bits per heavy atom. The van der Waals surface area contributed by atoms with E-state index in [4.69, 9.17) is 33.7 Å². The Hall–Kier alpha value is 0.0400. The summed E-state index contributed by atoms with van der Waals surface area (Å²) in [6, 6.07) is 3.45. The summed E-state index contributed by atoms with van der Waals surface area (Å²) in [6.45, 7) is 1.36. The van der Waals surface area contributed by atoms with Crippen molar-refractivity contribution in [1.29, 1.82) is 0 Å². The Bertz CT molecular complexity index is 347. The fourth-order valence-electron chi connectivity index (χ4n) is 1.22. The lowest BCUT2D eigenvalue weighted by atomic mass is 10.2. The van der Waals surface area contributed by atoms with Crippen LogP contribution in [0.5, 0.6) is 5.75 Å². The fourth-order valence-corrected chi connectivity index (χ4v) is 2.07. The summed E-state index contributed by atoms with van der Waals surface area (Å²) < 4.78 is 6.31. The molecule has 0 bridgehead atoms. The van der Waals surface area contributed by atoms with Gasteiger partial charge in [0.25, 0.3) is 0 Å². The van der Waals surface area contributed by atoms with E-state index in [1.807, 2.05) is 0 Å². The van der Waals surface area contributed by atoms with Crippen LogP contribution in [0.25, 0.3) is 0 Å². The molecule has 1 aromatic carbocycles. The van der Waals surface area contributed by atoms with E-state index < -0.39 is 0 Å². The average molecular weight is 327 g/mol. The number of nitrogens with two attached hydrogens (primary N) is 1. The van der Waals surface area contributed by atoms with Gasteiger partial charge in [0.1, 0.15) is 5.75 Å². The first-order valence-electron chi connectivity index (χ1n) is 5.12. The first-order valence-corrected chi connectivity index (χ1v) is 6.67. The molecule has 0 saturated carbocycles. The SMILES string of the molecule is NCCCCCOc1cc(Cl)c(Br)cc1Cl. The predicted octanol–water partition coefficient (Wildman–Crippen LogP) is 4.26. The largest absolute Gasteiger partial charge is 0.492 e. The molecule has 0 spiro atoms. The van der Waals surface area contributed by atoms with Crippen LogP contribution in [-0.4, -0.2) is 13.2 Å². The van der Waals surface area contributed by atoms with Crippen molar-refractivity contribution in [1.82, 2.24) is 0 Å². The van der Waals surface area contributed by atoms with E-state index >= 15 is 0 Å². The van der Waals surface area contributed by atoms with Crippen molar-refractivity contribution >= 4 is 39.1 Å². The number of rotatable bonds is 6. The molecule has 0 saturated heterocycles. The molecule has 5 heteroatoms. The monoisotopic (exact) mass is 325 g/mol. The number of halogens is 3. The minimum absolute atomic E-state index is 0.565. The third-order valence-corrected chi connectivity index (χ3v) is 3.57. The fraction of sp³-hybridized carbons (Fsp3) is 0.455. The summed E-state index contributed by atoms with van der Waals surface area (Å²) in [6.07, 6.45) is 3.07. The lowest BCUT2D eigenvalue weighted by molar-refractivity contribution is 0.306. The maximum atomic E-state index is 6.01.